The molecule has 2 aliphatic rings. The highest BCUT2D eigenvalue weighted by atomic mass is 19.4. The highest BCUT2D eigenvalue weighted by Crippen LogP contribution is 2.46. The fraction of sp³-hybridized carbons (Fsp3) is 0.600. The molecular weight excluding hydrogens is 506 g/mol. The van der Waals surface area contributed by atoms with E-state index in [0.717, 1.165) is 37.0 Å². The van der Waals surface area contributed by atoms with Crippen LogP contribution in [-0.2, 0) is 0 Å². The molecule has 0 saturated heterocycles. The SMILES string of the molecule is CCCCC[C@H]1CC[C@H](C2CCC(c3c(F)c[c]c(Oc4ccc(OC(F)(F)F)c(F)c4)c3F)CC2)CC1. The second kappa shape index (κ2) is 12.6. The van der Waals surface area contributed by atoms with Gasteiger partial charge in [0.2, 0.25) is 0 Å². The van der Waals surface area contributed by atoms with E-state index in [4.69, 9.17) is 4.74 Å². The number of hydrogen-bond acceptors (Lipinski definition) is 2. The number of ether oxygens (including phenoxy) is 2. The van der Waals surface area contributed by atoms with Crippen molar-refractivity contribution in [3.63, 3.8) is 0 Å². The van der Waals surface area contributed by atoms with Crippen molar-refractivity contribution < 1.29 is 35.8 Å². The molecule has 2 saturated carbocycles. The Bertz CT molecular complexity index is 1050. The monoisotopic (exact) mass is 541 g/mol. The molecule has 0 aliphatic heterocycles. The zero-order valence-electron chi connectivity index (χ0n) is 21.7. The number of unbranched alkanes of at least 4 members (excludes halogenated alkanes) is 2. The van der Waals surface area contributed by atoms with Crippen LogP contribution in [0.1, 0.15) is 95.5 Å². The van der Waals surface area contributed by atoms with Gasteiger partial charge >= 0.3 is 6.36 Å². The molecule has 0 bridgehead atoms. The van der Waals surface area contributed by atoms with Crippen LogP contribution in [0.25, 0.3) is 0 Å². The van der Waals surface area contributed by atoms with Gasteiger partial charge in [0, 0.05) is 17.7 Å². The maximum absolute atomic E-state index is 15.4. The Balaban J connectivity index is 1.36. The van der Waals surface area contributed by atoms with Gasteiger partial charge in [-0.1, -0.05) is 45.4 Å². The first-order valence-electron chi connectivity index (χ1n) is 13.8. The minimum atomic E-state index is -5.05. The number of halogens is 6. The van der Waals surface area contributed by atoms with Gasteiger partial charge in [0.15, 0.2) is 23.1 Å². The van der Waals surface area contributed by atoms with Crippen LogP contribution in [0.15, 0.2) is 24.3 Å². The molecule has 1 radical (unpaired) electrons. The number of benzene rings is 2. The van der Waals surface area contributed by atoms with Crippen LogP contribution in [-0.4, -0.2) is 6.36 Å². The third-order valence-corrected chi connectivity index (χ3v) is 8.33. The lowest BCUT2D eigenvalue weighted by Gasteiger charge is -2.38. The van der Waals surface area contributed by atoms with E-state index in [0.29, 0.717) is 30.7 Å². The average Bonchev–Trinajstić information content (AvgIpc) is 2.88. The van der Waals surface area contributed by atoms with Crippen LogP contribution < -0.4 is 9.47 Å². The summed E-state index contributed by atoms with van der Waals surface area (Å²) in [5, 5.41) is 0. The molecule has 0 unspecified atom stereocenters. The van der Waals surface area contributed by atoms with E-state index in [1.807, 2.05) is 0 Å². The summed E-state index contributed by atoms with van der Waals surface area (Å²) in [4.78, 5) is 0. The Hall–Kier alpha value is -2.38. The highest BCUT2D eigenvalue weighted by Gasteiger charge is 2.34. The molecule has 0 aromatic heterocycles. The quantitative estimate of drug-likeness (QED) is 0.232. The van der Waals surface area contributed by atoms with Crippen LogP contribution in [0.2, 0.25) is 0 Å². The maximum atomic E-state index is 15.4. The lowest BCUT2D eigenvalue weighted by molar-refractivity contribution is -0.275. The topological polar surface area (TPSA) is 18.5 Å². The molecule has 0 N–H and O–H groups in total. The van der Waals surface area contributed by atoms with Gasteiger partial charge < -0.3 is 9.47 Å². The van der Waals surface area contributed by atoms with Crippen molar-refractivity contribution in [2.45, 2.75) is 96.3 Å². The number of alkyl halides is 3. The highest BCUT2D eigenvalue weighted by molar-refractivity contribution is 5.40. The van der Waals surface area contributed by atoms with Gasteiger partial charge in [-0.25, -0.2) is 13.2 Å². The third kappa shape index (κ3) is 7.38. The van der Waals surface area contributed by atoms with Crippen LogP contribution in [0.3, 0.4) is 0 Å². The Morgan fingerprint density at radius 1 is 0.868 bits per heavy atom. The van der Waals surface area contributed by atoms with Crippen molar-refractivity contribution in [2.75, 3.05) is 0 Å². The number of hydrogen-bond donors (Lipinski definition) is 0. The van der Waals surface area contributed by atoms with Crippen molar-refractivity contribution in [3.8, 4) is 17.2 Å². The molecule has 0 atom stereocenters. The van der Waals surface area contributed by atoms with Crippen LogP contribution >= 0.6 is 0 Å². The molecular formula is C30H35F6O2. The molecule has 209 valence electrons. The first kappa shape index (κ1) is 28.6. The molecule has 2 nitrogen and oxygen atoms in total. The lowest BCUT2D eigenvalue weighted by Crippen LogP contribution is -2.26. The molecule has 2 fully saturated rings. The Kier molecular flexibility index (Phi) is 9.53. The standard InChI is InChI=1S/C30H35F6O2/c1-2-3-4-5-19-6-8-20(9-7-19)21-10-12-22(13-11-21)28-24(31)15-17-27(29(28)33)37-23-14-16-26(25(32)18-23)38-30(34,35)36/h14-16,18-22H,2-13H2,1H3/t19-,20-,21?,22?. The maximum Gasteiger partial charge on any atom is 0.573 e. The Morgan fingerprint density at radius 2 is 1.53 bits per heavy atom. The fourth-order valence-corrected chi connectivity index (χ4v) is 6.33. The van der Waals surface area contributed by atoms with Gasteiger partial charge in [0.1, 0.15) is 11.6 Å². The third-order valence-electron chi connectivity index (χ3n) is 8.33. The molecule has 0 amide bonds. The Labute approximate surface area is 220 Å². The molecule has 38 heavy (non-hydrogen) atoms. The second-order valence-electron chi connectivity index (χ2n) is 10.8. The van der Waals surface area contributed by atoms with Crippen molar-refractivity contribution in [1.29, 1.82) is 0 Å². The van der Waals surface area contributed by atoms with Gasteiger partial charge in [-0.2, -0.15) is 0 Å². The average molecular weight is 542 g/mol. The fourth-order valence-electron chi connectivity index (χ4n) is 6.33. The van der Waals surface area contributed by atoms with Crippen LogP contribution in [0.5, 0.6) is 17.2 Å². The molecule has 4 rings (SSSR count). The summed E-state index contributed by atoms with van der Waals surface area (Å²) in [7, 11) is 0. The normalized spacial score (nSPS) is 24.3. The zero-order valence-corrected chi connectivity index (χ0v) is 21.7. The van der Waals surface area contributed by atoms with E-state index in [-0.39, 0.29) is 17.2 Å². The van der Waals surface area contributed by atoms with Gasteiger partial charge in [-0.05, 0) is 80.4 Å². The van der Waals surface area contributed by atoms with Gasteiger partial charge in [-0.3, -0.25) is 0 Å². The summed E-state index contributed by atoms with van der Waals surface area (Å²) >= 11 is 0. The van der Waals surface area contributed by atoms with E-state index >= 15 is 4.39 Å². The molecule has 0 spiro atoms. The van der Waals surface area contributed by atoms with Crippen LogP contribution in [0, 0.1) is 41.3 Å². The summed E-state index contributed by atoms with van der Waals surface area (Å²) < 4.78 is 90.2. The molecule has 2 aromatic carbocycles. The summed E-state index contributed by atoms with van der Waals surface area (Å²) in [6.07, 6.45) is 8.43. The van der Waals surface area contributed by atoms with E-state index in [9.17, 15) is 22.0 Å². The largest absolute Gasteiger partial charge is 0.573 e. The van der Waals surface area contributed by atoms with Gasteiger partial charge in [0.05, 0.1) is 0 Å². The molecule has 0 heterocycles. The first-order valence-corrected chi connectivity index (χ1v) is 13.8. The Morgan fingerprint density at radius 3 is 2.13 bits per heavy atom. The first-order chi connectivity index (χ1) is 18.1. The molecule has 8 heteroatoms. The summed E-state index contributed by atoms with van der Waals surface area (Å²) in [5.74, 6) is -2.82. The molecule has 2 aromatic rings. The zero-order chi connectivity index (χ0) is 27.3. The van der Waals surface area contributed by atoms with E-state index < -0.39 is 35.3 Å². The van der Waals surface area contributed by atoms with Crippen molar-refractivity contribution in [2.24, 2.45) is 17.8 Å². The lowest BCUT2D eigenvalue weighted by atomic mass is 9.68. The van der Waals surface area contributed by atoms with Crippen molar-refractivity contribution in [3.05, 3.63) is 53.3 Å². The minimum Gasteiger partial charge on any atom is -0.453 e. The van der Waals surface area contributed by atoms with Crippen LogP contribution in [0.4, 0.5) is 26.3 Å². The summed E-state index contributed by atoms with van der Waals surface area (Å²) in [5.41, 5.74) is -0.0608. The van der Waals surface area contributed by atoms with Gasteiger partial charge in [-0.15, -0.1) is 13.2 Å². The summed E-state index contributed by atoms with van der Waals surface area (Å²) in [6, 6.07) is 5.79. The minimum absolute atomic E-state index is 0.0608. The predicted molar refractivity (Wildman–Crippen MR) is 133 cm³/mol. The van der Waals surface area contributed by atoms with Crippen molar-refractivity contribution in [1.82, 2.24) is 0 Å². The smallest absolute Gasteiger partial charge is 0.453 e. The van der Waals surface area contributed by atoms with Crippen molar-refractivity contribution >= 4 is 0 Å². The van der Waals surface area contributed by atoms with E-state index in [1.54, 1.807) is 0 Å². The predicted octanol–water partition coefficient (Wildman–Crippen LogP) is 10.3. The van der Waals surface area contributed by atoms with Gasteiger partial charge in [0.25, 0.3) is 0 Å². The van der Waals surface area contributed by atoms with E-state index in [2.05, 4.69) is 17.7 Å². The second-order valence-corrected chi connectivity index (χ2v) is 10.8. The number of rotatable bonds is 9. The summed E-state index contributed by atoms with van der Waals surface area (Å²) in [6.45, 7) is 2.23. The van der Waals surface area contributed by atoms with E-state index in [1.165, 1.54) is 51.4 Å². The molecule has 2 aliphatic carbocycles.